The highest BCUT2D eigenvalue weighted by atomic mass is 16.1. The van der Waals surface area contributed by atoms with Crippen LogP contribution in [0.25, 0.3) is 0 Å². The number of rotatable bonds is 5. The summed E-state index contributed by atoms with van der Waals surface area (Å²) in [6.07, 6.45) is 0. The Morgan fingerprint density at radius 1 is 1.00 bits per heavy atom. The molecule has 2 rings (SSSR count). The van der Waals surface area contributed by atoms with Crippen molar-refractivity contribution in [1.29, 1.82) is 0 Å². The Bertz CT molecular complexity index is 646. The third-order valence-corrected chi connectivity index (χ3v) is 3.80. The van der Waals surface area contributed by atoms with Crippen molar-refractivity contribution in [3.8, 4) is 0 Å². The molecule has 0 aromatic heterocycles. The lowest BCUT2D eigenvalue weighted by atomic mass is 10.0. The molecule has 0 atom stereocenters. The zero-order valence-electron chi connectivity index (χ0n) is 13.3. The molecular weight excluding hydrogens is 258 g/mol. The number of hydrogen-bond acceptors (Lipinski definition) is 2. The molecule has 2 aromatic carbocycles. The minimum Gasteiger partial charge on any atom is -0.295 e. The monoisotopic (exact) mass is 281 g/mol. The van der Waals surface area contributed by atoms with Crippen molar-refractivity contribution in [2.45, 2.75) is 27.3 Å². The summed E-state index contributed by atoms with van der Waals surface area (Å²) in [5.41, 5.74) is 5.62. The number of aryl methyl sites for hydroxylation is 3. The quantitative estimate of drug-likeness (QED) is 0.774. The number of hydrogen-bond donors (Lipinski definition) is 0. The van der Waals surface area contributed by atoms with E-state index in [9.17, 15) is 4.79 Å². The number of carbonyl (C=O) groups is 1. The third-order valence-electron chi connectivity index (χ3n) is 3.80. The smallest absolute Gasteiger partial charge is 0.177 e. The van der Waals surface area contributed by atoms with E-state index in [1.165, 1.54) is 16.7 Å². The van der Waals surface area contributed by atoms with E-state index in [1.807, 2.05) is 45.2 Å². The second-order valence-corrected chi connectivity index (χ2v) is 5.84. The van der Waals surface area contributed by atoms with Crippen LogP contribution < -0.4 is 0 Å². The van der Waals surface area contributed by atoms with Crippen LogP contribution in [-0.2, 0) is 6.54 Å². The second-order valence-electron chi connectivity index (χ2n) is 5.84. The van der Waals surface area contributed by atoms with Gasteiger partial charge in [0.1, 0.15) is 0 Å². The van der Waals surface area contributed by atoms with Crippen LogP contribution in [0, 0.1) is 20.8 Å². The molecule has 21 heavy (non-hydrogen) atoms. The van der Waals surface area contributed by atoms with Gasteiger partial charge in [0.15, 0.2) is 5.78 Å². The number of Topliss-reactive ketones (excluding diaryl/α,β-unsaturated/α-hetero) is 1. The number of ketones is 1. The number of likely N-dealkylation sites (N-methyl/N-ethyl adjacent to an activating group) is 1. The lowest BCUT2D eigenvalue weighted by Crippen LogP contribution is -2.26. The Morgan fingerprint density at radius 3 is 2.38 bits per heavy atom. The van der Waals surface area contributed by atoms with Crippen LogP contribution in [-0.4, -0.2) is 24.3 Å². The van der Waals surface area contributed by atoms with E-state index in [1.54, 1.807) is 0 Å². The number of benzene rings is 2. The lowest BCUT2D eigenvalue weighted by Gasteiger charge is -2.18. The van der Waals surface area contributed by atoms with Gasteiger partial charge in [0.25, 0.3) is 0 Å². The summed E-state index contributed by atoms with van der Waals surface area (Å²) in [5.74, 6) is 0.184. The molecule has 0 spiro atoms. The Labute approximate surface area is 127 Å². The Hall–Kier alpha value is -1.93. The third kappa shape index (κ3) is 4.02. The van der Waals surface area contributed by atoms with Crippen molar-refractivity contribution in [3.63, 3.8) is 0 Å². The van der Waals surface area contributed by atoms with E-state index in [0.717, 1.165) is 17.7 Å². The van der Waals surface area contributed by atoms with Gasteiger partial charge in [0.2, 0.25) is 0 Å². The van der Waals surface area contributed by atoms with Crippen LogP contribution in [0.15, 0.2) is 42.5 Å². The van der Waals surface area contributed by atoms with E-state index in [4.69, 9.17) is 0 Å². The standard InChI is InChI=1S/C19H23NO/c1-14-9-10-18(16(3)11-14)19(21)13-20(4)12-17-8-6-5-7-15(17)2/h5-11H,12-13H2,1-4H3. The molecule has 0 fully saturated rings. The van der Waals surface area contributed by atoms with Crippen molar-refractivity contribution >= 4 is 5.78 Å². The van der Waals surface area contributed by atoms with Crippen molar-refractivity contribution in [1.82, 2.24) is 4.90 Å². The highest BCUT2D eigenvalue weighted by molar-refractivity contribution is 5.98. The summed E-state index contributed by atoms with van der Waals surface area (Å²) in [6, 6.07) is 14.3. The molecule has 2 heteroatoms. The van der Waals surface area contributed by atoms with Gasteiger partial charge in [-0.3, -0.25) is 9.69 Å². The zero-order chi connectivity index (χ0) is 15.4. The largest absolute Gasteiger partial charge is 0.295 e. The van der Waals surface area contributed by atoms with Crippen LogP contribution >= 0.6 is 0 Å². The average Bonchev–Trinajstić information content (AvgIpc) is 2.41. The molecular formula is C19H23NO. The molecule has 0 bridgehead atoms. The van der Waals surface area contributed by atoms with E-state index < -0.39 is 0 Å². The maximum atomic E-state index is 12.4. The normalized spacial score (nSPS) is 10.9. The van der Waals surface area contributed by atoms with E-state index in [0.29, 0.717) is 6.54 Å². The molecule has 0 N–H and O–H groups in total. The van der Waals surface area contributed by atoms with Gasteiger partial charge in [0, 0.05) is 12.1 Å². The van der Waals surface area contributed by atoms with E-state index >= 15 is 0 Å². The van der Waals surface area contributed by atoms with Gasteiger partial charge in [-0.05, 0) is 44.5 Å². The van der Waals surface area contributed by atoms with Crippen molar-refractivity contribution in [2.75, 3.05) is 13.6 Å². The van der Waals surface area contributed by atoms with Gasteiger partial charge in [-0.1, -0.05) is 48.0 Å². The molecule has 0 saturated heterocycles. The van der Waals surface area contributed by atoms with E-state index in [2.05, 4.69) is 30.0 Å². The number of nitrogens with zero attached hydrogens (tertiary/aromatic N) is 1. The van der Waals surface area contributed by atoms with Crippen LogP contribution in [0.3, 0.4) is 0 Å². The Morgan fingerprint density at radius 2 is 1.71 bits per heavy atom. The fraction of sp³-hybridized carbons (Fsp3) is 0.316. The molecule has 110 valence electrons. The highest BCUT2D eigenvalue weighted by Crippen LogP contribution is 2.13. The van der Waals surface area contributed by atoms with Gasteiger partial charge >= 0.3 is 0 Å². The molecule has 0 saturated carbocycles. The summed E-state index contributed by atoms with van der Waals surface area (Å²) in [6.45, 7) is 7.39. The molecule has 0 unspecified atom stereocenters. The lowest BCUT2D eigenvalue weighted by molar-refractivity contribution is 0.0942. The first-order chi connectivity index (χ1) is 9.97. The first-order valence-corrected chi connectivity index (χ1v) is 7.31. The summed E-state index contributed by atoms with van der Waals surface area (Å²) < 4.78 is 0. The summed E-state index contributed by atoms with van der Waals surface area (Å²) in [7, 11) is 1.99. The molecule has 0 aliphatic carbocycles. The topological polar surface area (TPSA) is 20.3 Å². The minimum atomic E-state index is 0.184. The first-order valence-electron chi connectivity index (χ1n) is 7.31. The Kier molecular flexibility index (Phi) is 4.92. The van der Waals surface area contributed by atoms with Gasteiger partial charge in [-0.2, -0.15) is 0 Å². The SMILES string of the molecule is Cc1ccc(C(=O)CN(C)Cc2ccccc2C)c(C)c1. The maximum Gasteiger partial charge on any atom is 0.177 e. The fourth-order valence-corrected chi connectivity index (χ4v) is 2.59. The predicted molar refractivity (Wildman–Crippen MR) is 87.8 cm³/mol. The van der Waals surface area contributed by atoms with Crippen molar-refractivity contribution < 1.29 is 4.79 Å². The molecule has 2 nitrogen and oxygen atoms in total. The van der Waals surface area contributed by atoms with Crippen molar-refractivity contribution in [2.24, 2.45) is 0 Å². The van der Waals surface area contributed by atoms with Crippen LogP contribution in [0.1, 0.15) is 32.6 Å². The predicted octanol–water partition coefficient (Wildman–Crippen LogP) is 3.93. The summed E-state index contributed by atoms with van der Waals surface area (Å²) in [4.78, 5) is 14.5. The van der Waals surface area contributed by atoms with Gasteiger partial charge in [0.05, 0.1) is 6.54 Å². The molecule has 0 amide bonds. The molecule has 0 heterocycles. The van der Waals surface area contributed by atoms with E-state index in [-0.39, 0.29) is 5.78 Å². The molecule has 0 aliphatic rings. The van der Waals surface area contributed by atoms with Crippen LogP contribution in [0.4, 0.5) is 0 Å². The molecule has 0 aliphatic heterocycles. The molecule has 2 aromatic rings. The molecule has 0 radical (unpaired) electrons. The average molecular weight is 281 g/mol. The van der Waals surface area contributed by atoms with Gasteiger partial charge in [-0.15, -0.1) is 0 Å². The fourth-order valence-electron chi connectivity index (χ4n) is 2.59. The van der Waals surface area contributed by atoms with Crippen LogP contribution in [0.5, 0.6) is 0 Å². The van der Waals surface area contributed by atoms with Gasteiger partial charge < -0.3 is 0 Å². The minimum absolute atomic E-state index is 0.184. The first kappa shape index (κ1) is 15.5. The van der Waals surface area contributed by atoms with Gasteiger partial charge in [-0.25, -0.2) is 0 Å². The number of carbonyl (C=O) groups excluding carboxylic acids is 1. The maximum absolute atomic E-state index is 12.4. The van der Waals surface area contributed by atoms with Crippen molar-refractivity contribution in [3.05, 3.63) is 70.3 Å². The summed E-state index contributed by atoms with van der Waals surface area (Å²) in [5, 5.41) is 0. The summed E-state index contributed by atoms with van der Waals surface area (Å²) >= 11 is 0. The highest BCUT2D eigenvalue weighted by Gasteiger charge is 2.12. The Balaban J connectivity index is 2.04. The second kappa shape index (κ2) is 6.68. The van der Waals surface area contributed by atoms with Crippen LogP contribution in [0.2, 0.25) is 0 Å². The zero-order valence-corrected chi connectivity index (χ0v) is 13.3.